The zero-order valence-electron chi connectivity index (χ0n) is 20.7. The van der Waals surface area contributed by atoms with Crippen LogP contribution in [-0.4, -0.2) is 42.9 Å². The number of carbonyl (C=O) groups excluding carboxylic acids is 1. The van der Waals surface area contributed by atoms with Crippen LogP contribution in [-0.2, 0) is 21.7 Å². The Morgan fingerprint density at radius 1 is 1.15 bits per heavy atom. The molecule has 9 nitrogen and oxygen atoms in total. The van der Waals surface area contributed by atoms with Gasteiger partial charge in [0.1, 0.15) is 11.2 Å². The lowest BCUT2D eigenvalue weighted by atomic mass is 9.77. The molecule has 4 rings (SSSR count). The highest BCUT2D eigenvalue weighted by molar-refractivity contribution is 7.90. The number of nitrogens with zero attached hydrogens (tertiary/aromatic N) is 3. The van der Waals surface area contributed by atoms with Crippen molar-refractivity contribution >= 4 is 21.4 Å². The fourth-order valence-electron chi connectivity index (χ4n) is 3.97. The van der Waals surface area contributed by atoms with Crippen LogP contribution >= 0.6 is 0 Å². The summed E-state index contributed by atoms with van der Waals surface area (Å²) in [6.45, 7) is 0.948. The summed E-state index contributed by atoms with van der Waals surface area (Å²) in [4.78, 5) is 16.9. The Labute approximate surface area is 219 Å². The molecular formula is C24H21F5N4O5S. The number of halogens is 5. The van der Waals surface area contributed by atoms with Crippen LogP contribution in [0.5, 0.6) is 17.5 Å². The molecule has 0 aliphatic heterocycles. The smallest absolute Gasteiger partial charge is 0.435 e. The molecule has 1 aromatic carbocycles. The molecule has 1 fully saturated rings. The third-order valence-corrected chi connectivity index (χ3v) is 7.28. The van der Waals surface area contributed by atoms with Crippen LogP contribution in [0.4, 0.5) is 27.6 Å². The summed E-state index contributed by atoms with van der Waals surface area (Å²) in [6, 6.07) is 5.00. The van der Waals surface area contributed by atoms with Crippen LogP contribution in [0, 0.1) is 12.7 Å². The molecular weight excluding hydrogens is 551 g/mol. The van der Waals surface area contributed by atoms with Gasteiger partial charge < -0.3 is 14.8 Å². The SMILES string of the molecule is COc1c(Oc2nnc(C(F)(F)F)c(C)c2C(=O)Nc2cccc(S(C)(=O)=O)c2)ncc(C2(F)CCC2)c1F. The quantitative estimate of drug-likeness (QED) is 0.387. The highest BCUT2D eigenvalue weighted by Crippen LogP contribution is 2.48. The third kappa shape index (κ3) is 5.48. The molecule has 0 saturated heterocycles. The maximum atomic E-state index is 15.1. The minimum atomic E-state index is -5.00. The van der Waals surface area contributed by atoms with E-state index < -0.39 is 67.7 Å². The summed E-state index contributed by atoms with van der Waals surface area (Å²) >= 11 is 0. The Morgan fingerprint density at radius 2 is 1.85 bits per heavy atom. The van der Waals surface area contributed by atoms with Gasteiger partial charge in [-0.15, -0.1) is 10.2 Å². The maximum absolute atomic E-state index is 15.1. The Hall–Kier alpha value is -3.88. The highest BCUT2D eigenvalue weighted by atomic mass is 32.2. The van der Waals surface area contributed by atoms with Crippen molar-refractivity contribution < 1.29 is 44.6 Å². The molecule has 0 atom stereocenters. The van der Waals surface area contributed by atoms with Crippen LogP contribution in [0.3, 0.4) is 0 Å². The number of methoxy groups -OCH3 is 1. The Morgan fingerprint density at radius 3 is 2.41 bits per heavy atom. The van der Waals surface area contributed by atoms with E-state index in [-0.39, 0.29) is 29.0 Å². The van der Waals surface area contributed by atoms with Gasteiger partial charge in [-0.1, -0.05) is 6.07 Å². The average Bonchev–Trinajstić information content (AvgIpc) is 2.82. The number of aromatic nitrogens is 3. The van der Waals surface area contributed by atoms with Crippen LogP contribution < -0.4 is 14.8 Å². The summed E-state index contributed by atoms with van der Waals surface area (Å²) in [5, 5.41) is 8.81. The van der Waals surface area contributed by atoms with Gasteiger partial charge in [0.2, 0.25) is 5.75 Å². The van der Waals surface area contributed by atoms with E-state index in [9.17, 15) is 30.8 Å². The number of alkyl halides is 4. The molecule has 0 unspecified atom stereocenters. The summed E-state index contributed by atoms with van der Waals surface area (Å²) < 4.78 is 105. The fourth-order valence-corrected chi connectivity index (χ4v) is 4.64. The maximum Gasteiger partial charge on any atom is 0.435 e. The Kier molecular flexibility index (Phi) is 7.23. The molecule has 208 valence electrons. The zero-order chi connectivity index (χ0) is 28.8. The second-order valence-electron chi connectivity index (χ2n) is 8.85. The molecule has 0 spiro atoms. The minimum Gasteiger partial charge on any atom is -0.489 e. The van der Waals surface area contributed by atoms with Gasteiger partial charge in [-0.2, -0.15) is 13.2 Å². The van der Waals surface area contributed by atoms with Crippen molar-refractivity contribution in [3.8, 4) is 17.5 Å². The molecule has 0 radical (unpaired) electrons. The molecule has 2 aromatic heterocycles. The largest absolute Gasteiger partial charge is 0.489 e. The first-order valence-electron chi connectivity index (χ1n) is 11.3. The number of anilines is 1. The van der Waals surface area contributed by atoms with Crippen LogP contribution in [0.25, 0.3) is 0 Å². The van der Waals surface area contributed by atoms with Crippen molar-refractivity contribution in [1.29, 1.82) is 0 Å². The standard InChI is InChI=1S/C24H21F5N4O5S/c1-12-16(20(34)31-13-6-4-7-14(10-13)39(3,35)36)21(33-32-19(12)24(27,28)29)38-22-18(37-2)17(25)15(11-30-22)23(26)8-5-9-23/h4,6-7,10-11H,5,8-9H2,1-3H3,(H,31,34). The van der Waals surface area contributed by atoms with Gasteiger partial charge in [0.15, 0.2) is 21.3 Å². The summed E-state index contributed by atoms with van der Waals surface area (Å²) in [5.74, 6) is -4.35. The van der Waals surface area contributed by atoms with E-state index in [2.05, 4.69) is 20.5 Å². The number of carbonyl (C=O) groups is 1. The second-order valence-corrected chi connectivity index (χ2v) is 10.9. The molecule has 3 aromatic rings. The van der Waals surface area contributed by atoms with Crippen molar-refractivity contribution in [3.05, 3.63) is 58.7 Å². The predicted octanol–water partition coefficient (Wildman–Crippen LogP) is 5.14. The average molecular weight is 573 g/mol. The number of benzene rings is 1. The zero-order valence-corrected chi connectivity index (χ0v) is 21.5. The Bertz CT molecular complexity index is 1560. The molecule has 1 aliphatic rings. The highest BCUT2D eigenvalue weighted by Gasteiger charge is 2.43. The molecule has 1 amide bonds. The summed E-state index contributed by atoms with van der Waals surface area (Å²) in [5.41, 5.74) is -5.28. The van der Waals surface area contributed by atoms with Gasteiger partial charge >= 0.3 is 6.18 Å². The molecule has 1 N–H and O–H groups in total. The molecule has 0 bridgehead atoms. The fraction of sp³-hybridized carbons (Fsp3) is 0.333. The lowest BCUT2D eigenvalue weighted by Crippen LogP contribution is -2.30. The van der Waals surface area contributed by atoms with Crippen molar-refractivity contribution in [1.82, 2.24) is 15.2 Å². The molecule has 15 heteroatoms. The first kappa shape index (κ1) is 28.1. The minimum absolute atomic E-state index is 0.0570. The monoisotopic (exact) mass is 572 g/mol. The van der Waals surface area contributed by atoms with Crippen LogP contribution in [0.1, 0.15) is 46.4 Å². The summed E-state index contributed by atoms with van der Waals surface area (Å²) in [6.07, 6.45) is -2.49. The van der Waals surface area contributed by atoms with Crippen molar-refractivity contribution in [3.63, 3.8) is 0 Å². The van der Waals surface area contributed by atoms with Crippen molar-refractivity contribution in [2.75, 3.05) is 18.7 Å². The van der Waals surface area contributed by atoms with Gasteiger partial charge in [0.25, 0.3) is 17.7 Å². The Balaban J connectivity index is 1.78. The lowest BCUT2D eigenvalue weighted by Gasteiger charge is -2.34. The van der Waals surface area contributed by atoms with E-state index in [0.29, 0.717) is 6.42 Å². The van der Waals surface area contributed by atoms with E-state index in [0.717, 1.165) is 32.6 Å². The number of pyridine rings is 1. The van der Waals surface area contributed by atoms with E-state index >= 15 is 4.39 Å². The molecule has 2 heterocycles. The summed E-state index contributed by atoms with van der Waals surface area (Å²) in [7, 11) is -2.61. The number of rotatable bonds is 7. The van der Waals surface area contributed by atoms with Crippen LogP contribution in [0.2, 0.25) is 0 Å². The van der Waals surface area contributed by atoms with Crippen molar-refractivity contribution in [2.24, 2.45) is 0 Å². The first-order chi connectivity index (χ1) is 18.2. The van der Waals surface area contributed by atoms with Gasteiger partial charge in [-0.25, -0.2) is 22.2 Å². The number of ether oxygens (including phenoxy) is 2. The molecule has 1 aliphatic carbocycles. The second kappa shape index (κ2) is 10.0. The lowest BCUT2D eigenvalue weighted by molar-refractivity contribution is -0.142. The molecule has 39 heavy (non-hydrogen) atoms. The number of hydrogen-bond acceptors (Lipinski definition) is 8. The predicted molar refractivity (Wildman–Crippen MR) is 127 cm³/mol. The first-order valence-corrected chi connectivity index (χ1v) is 13.2. The number of sulfone groups is 1. The van der Waals surface area contributed by atoms with E-state index in [4.69, 9.17) is 9.47 Å². The number of amides is 1. The normalized spacial score (nSPS) is 14.9. The van der Waals surface area contributed by atoms with Crippen LogP contribution in [0.15, 0.2) is 35.4 Å². The van der Waals surface area contributed by atoms with E-state index in [1.54, 1.807) is 0 Å². The topological polar surface area (TPSA) is 120 Å². The molecule has 1 saturated carbocycles. The van der Waals surface area contributed by atoms with E-state index in [1.165, 1.54) is 18.2 Å². The van der Waals surface area contributed by atoms with Gasteiger partial charge in [0.05, 0.1) is 12.0 Å². The van der Waals surface area contributed by atoms with Gasteiger partial charge in [0, 0.05) is 23.7 Å². The number of hydrogen-bond donors (Lipinski definition) is 1. The van der Waals surface area contributed by atoms with Gasteiger partial charge in [-0.3, -0.25) is 4.79 Å². The van der Waals surface area contributed by atoms with E-state index in [1.807, 2.05) is 0 Å². The van der Waals surface area contributed by atoms with Crippen molar-refractivity contribution in [2.45, 2.75) is 42.9 Å². The number of nitrogens with one attached hydrogen (secondary N) is 1. The van der Waals surface area contributed by atoms with Gasteiger partial charge in [-0.05, 0) is 49.9 Å². The third-order valence-electron chi connectivity index (χ3n) is 6.17.